The summed E-state index contributed by atoms with van der Waals surface area (Å²) in [5, 5.41) is 11.7. The largest absolute Gasteiger partial charge is 0.497 e. The van der Waals surface area contributed by atoms with Gasteiger partial charge in [0.15, 0.2) is 0 Å². The Morgan fingerprint density at radius 3 is 2.00 bits per heavy atom. The first-order valence-electron chi connectivity index (χ1n) is 8.67. The van der Waals surface area contributed by atoms with Gasteiger partial charge in [0.05, 0.1) is 14.2 Å². The van der Waals surface area contributed by atoms with Crippen molar-refractivity contribution in [2.45, 2.75) is 25.6 Å². The molecule has 2 aromatic carbocycles. The van der Waals surface area contributed by atoms with Gasteiger partial charge in [0.2, 0.25) is 11.9 Å². The first-order valence-corrected chi connectivity index (χ1v) is 8.67. The van der Waals surface area contributed by atoms with Crippen molar-refractivity contribution in [2.24, 2.45) is 5.92 Å². The lowest BCUT2D eigenvalue weighted by atomic mass is 9.95. The average Bonchev–Trinajstić information content (AvgIpc) is 2.93. The Bertz CT molecular complexity index is 819. The number of ether oxygens (including phenoxy) is 2. The summed E-state index contributed by atoms with van der Waals surface area (Å²) in [4.78, 5) is 25.8. The minimum atomic E-state index is -0.996. The van der Waals surface area contributed by atoms with E-state index in [-0.39, 0.29) is 10.8 Å². The van der Waals surface area contributed by atoms with Crippen LogP contribution >= 0.6 is 0 Å². The molecule has 142 valence electrons. The Hall–Kier alpha value is -3.09. The van der Waals surface area contributed by atoms with Gasteiger partial charge in [-0.25, -0.2) is 0 Å². The second-order valence-electron chi connectivity index (χ2n) is 6.60. The highest BCUT2D eigenvalue weighted by atomic mass is 16.6. The molecule has 1 aliphatic heterocycles. The van der Waals surface area contributed by atoms with Gasteiger partial charge in [-0.2, -0.15) is 0 Å². The smallest absolute Gasteiger partial charge is 0.248 e. The number of nitro groups is 1. The van der Waals surface area contributed by atoms with Crippen LogP contribution in [0.25, 0.3) is 0 Å². The first kappa shape index (κ1) is 18.7. The zero-order valence-corrected chi connectivity index (χ0v) is 15.5. The zero-order chi connectivity index (χ0) is 19.6. The van der Waals surface area contributed by atoms with Gasteiger partial charge in [-0.3, -0.25) is 14.9 Å². The van der Waals surface area contributed by atoms with Crippen molar-refractivity contribution >= 4 is 5.91 Å². The van der Waals surface area contributed by atoms with E-state index in [4.69, 9.17) is 9.47 Å². The van der Waals surface area contributed by atoms with Gasteiger partial charge in [-0.15, -0.1) is 0 Å². The Labute approximate surface area is 157 Å². The lowest BCUT2D eigenvalue weighted by Crippen LogP contribution is -2.32. The SMILES string of the molecule is COc1ccc(CN2C(=O)[C@@H](C)[C@H]([N+](=O)[O-])C2c2ccc(OC)cc2)cc1. The second kappa shape index (κ2) is 7.65. The molecule has 2 aromatic rings. The molecule has 0 bridgehead atoms. The molecule has 0 aromatic heterocycles. The molecule has 1 unspecified atom stereocenters. The third-order valence-electron chi connectivity index (χ3n) is 5.06. The maximum absolute atomic E-state index is 12.8. The summed E-state index contributed by atoms with van der Waals surface area (Å²) in [5.41, 5.74) is 1.61. The Balaban J connectivity index is 1.96. The maximum Gasteiger partial charge on any atom is 0.248 e. The number of hydrogen-bond donors (Lipinski definition) is 0. The number of rotatable bonds is 6. The van der Waals surface area contributed by atoms with E-state index in [1.807, 2.05) is 24.3 Å². The van der Waals surface area contributed by atoms with E-state index in [1.165, 1.54) is 0 Å². The van der Waals surface area contributed by atoms with Crippen molar-refractivity contribution in [1.29, 1.82) is 0 Å². The molecule has 1 heterocycles. The molecule has 1 aliphatic rings. The summed E-state index contributed by atoms with van der Waals surface area (Å²) in [6.45, 7) is 1.93. The molecule has 1 fully saturated rings. The van der Waals surface area contributed by atoms with Crippen LogP contribution in [0, 0.1) is 16.0 Å². The molecule has 0 radical (unpaired) electrons. The molecular weight excluding hydrogens is 348 g/mol. The molecule has 0 N–H and O–H groups in total. The highest BCUT2D eigenvalue weighted by molar-refractivity contribution is 5.82. The molecule has 0 saturated carbocycles. The fourth-order valence-electron chi connectivity index (χ4n) is 3.58. The predicted octanol–water partition coefficient (Wildman–Crippen LogP) is 3.07. The molecule has 27 heavy (non-hydrogen) atoms. The standard InChI is InChI=1S/C20H22N2O5/c1-13-18(22(24)25)19(15-6-10-17(27-3)11-7-15)21(20(13)23)12-14-4-8-16(26-2)9-5-14/h4-11,13,18-19H,12H2,1-3H3/t13-,18-,19?/m0/s1. The maximum atomic E-state index is 12.8. The molecule has 3 rings (SSSR count). The van der Waals surface area contributed by atoms with Crippen molar-refractivity contribution in [2.75, 3.05) is 14.2 Å². The molecule has 1 amide bonds. The van der Waals surface area contributed by atoms with Crippen molar-refractivity contribution in [3.8, 4) is 11.5 Å². The monoisotopic (exact) mass is 370 g/mol. The number of methoxy groups -OCH3 is 2. The van der Waals surface area contributed by atoms with Crippen molar-refractivity contribution in [3.05, 3.63) is 69.8 Å². The van der Waals surface area contributed by atoms with Crippen molar-refractivity contribution in [1.82, 2.24) is 4.90 Å². The van der Waals surface area contributed by atoms with E-state index in [1.54, 1.807) is 50.3 Å². The quantitative estimate of drug-likeness (QED) is 0.576. The van der Waals surface area contributed by atoms with Crippen LogP contribution in [-0.2, 0) is 11.3 Å². The second-order valence-corrected chi connectivity index (χ2v) is 6.60. The minimum absolute atomic E-state index is 0.215. The molecular formula is C20H22N2O5. The van der Waals surface area contributed by atoms with Gasteiger partial charge in [-0.05, 0) is 42.3 Å². The number of amides is 1. The van der Waals surface area contributed by atoms with Crippen LogP contribution in [0.5, 0.6) is 11.5 Å². The van der Waals surface area contributed by atoms with Gasteiger partial charge in [0.25, 0.3) is 0 Å². The summed E-state index contributed by atoms with van der Waals surface area (Å²) in [5.74, 6) is 0.476. The van der Waals surface area contributed by atoms with Crippen LogP contribution in [0.2, 0.25) is 0 Å². The summed E-state index contributed by atoms with van der Waals surface area (Å²) < 4.78 is 10.3. The van der Waals surface area contributed by atoms with E-state index < -0.39 is 18.0 Å². The third kappa shape index (κ3) is 3.58. The van der Waals surface area contributed by atoms with Gasteiger partial charge in [0.1, 0.15) is 23.5 Å². The van der Waals surface area contributed by atoms with Gasteiger partial charge < -0.3 is 14.4 Å². The van der Waals surface area contributed by atoms with Crippen LogP contribution in [0.1, 0.15) is 24.1 Å². The van der Waals surface area contributed by atoms with Gasteiger partial charge in [0, 0.05) is 11.5 Å². The van der Waals surface area contributed by atoms with E-state index in [2.05, 4.69) is 0 Å². The lowest BCUT2D eigenvalue weighted by molar-refractivity contribution is -0.532. The van der Waals surface area contributed by atoms with Crippen LogP contribution in [-0.4, -0.2) is 36.0 Å². The molecule has 7 heteroatoms. The number of carbonyl (C=O) groups excluding carboxylic acids is 1. The number of hydrogen-bond acceptors (Lipinski definition) is 5. The van der Waals surface area contributed by atoms with Gasteiger partial charge >= 0.3 is 0 Å². The number of benzene rings is 2. The molecule has 3 atom stereocenters. The molecule has 0 aliphatic carbocycles. The van der Waals surface area contributed by atoms with E-state index in [0.29, 0.717) is 12.3 Å². The van der Waals surface area contributed by atoms with Crippen LogP contribution in [0.4, 0.5) is 0 Å². The van der Waals surface area contributed by atoms with Crippen molar-refractivity contribution < 1.29 is 19.2 Å². The number of nitrogens with zero attached hydrogens (tertiary/aromatic N) is 2. The van der Waals surface area contributed by atoms with Crippen molar-refractivity contribution in [3.63, 3.8) is 0 Å². The first-order chi connectivity index (χ1) is 13.0. The van der Waals surface area contributed by atoms with Crippen LogP contribution in [0.15, 0.2) is 48.5 Å². The summed E-state index contributed by atoms with van der Waals surface area (Å²) >= 11 is 0. The summed E-state index contributed by atoms with van der Waals surface area (Å²) in [6.07, 6.45) is 0. The van der Waals surface area contributed by atoms with E-state index >= 15 is 0 Å². The van der Waals surface area contributed by atoms with E-state index in [9.17, 15) is 14.9 Å². The highest BCUT2D eigenvalue weighted by Crippen LogP contribution is 2.39. The average molecular weight is 370 g/mol. The fourth-order valence-corrected chi connectivity index (χ4v) is 3.58. The Morgan fingerprint density at radius 1 is 1.00 bits per heavy atom. The zero-order valence-electron chi connectivity index (χ0n) is 15.5. The summed E-state index contributed by atoms with van der Waals surface area (Å²) in [6, 6.07) is 12.8. The van der Waals surface area contributed by atoms with Gasteiger partial charge in [-0.1, -0.05) is 24.3 Å². The third-order valence-corrected chi connectivity index (χ3v) is 5.06. The number of carbonyl (C=O) groups is 1. The normalized spacial score (nSPS) is 22.0. The molecule has 7 nitrogen and oxygen atoms in total. The molecule has 0 spiro atoms. The Morgan fingerprint density at radius 2 is 1.52 bits per heavy atom. The lowest BCUT2D eigenvalue weighted by Gasteiger charge is -2.25. The molecule has 1 saturated heterocycles. The summed E-state index contributed by atoms with van der Waals surface area (Å²) in [7, 11) is 3.15. The predicted molar refractivity (Wildman–Crippen MR) is 99.2 cm³/mol. The van der Waals surface area contributed by atoms with Crippen LogP contribution < -0.4 is 9.47 Å². The van der Waals surface area contributed by atoms with E-state index in [0.717, 1.165) is 16.9 Å². The fraction of sp³-hybridized carbons (Fsp3) is 0.350. The minimum Gasteiger partial charge on any atom is -0.497 e. The Kier molecular flexibility index (Phi) is 5.30. The van der Waals surface area contributed by atoms with Crippen LogP contribution in [0.3, 0.4) is 0 Å². The highest BCUT2D eigenvalue weighted by Gasteiger charge is 2.53. The number of likely N-dealkylation sites (tertiary alicyclic amines) is 1. The topological polar surface area (TPSA) is 81.9 Å².